The molecule has 2 aromatic rings. The zero-order valence-electron chi connectivity index (χ0n) is 16.0. The highest BCUT2D eigenvalue weighted by Gasteiger charge is 2.27. The zero-order chi connectivity index (χ0) is 20.1. The summed E-state index contributed by atoms with van der Waals surface area (Å²) in [5.41, 5.74) is 1.68. The largest absolute Gasteiger partial charge is 0.349 e. The maximum Gasteiger partial charge on any atom is 0.224 e. The highest BCUT2D eigenvalue weighted by Crippen LogP contribution is 2.35. The molecule has 1 saturated carbocycles. The van der Waals surface area contributed by atoms with Gasteiger partial charge in [0.25, 0.3) is 0 Å². The lowest BCUT2D eigenvalue weighted by Gasteiger charge is -2.25. The quantitative estimate of drug-likeness (QED) is 0.753. The van der Waals surface area contributed by atoms with E-state index in [9.17, 15) is 17.6 Å². The van der Waals surface area contributed by atoms with Gasteiger partial charge in [-0.1, -0.05) is 44.0 Å². The first-order valence-electron chi connectivity index (χ1n) is 9.75. The molecule has 4 nitrogen and oxygen atoms in total. The lowest BCUT2D eigenvalue weighted by atomic mass is 9.91. The first kappa shape index (κ1) is 20.5. The molecule has 1 N–H and O–H groups in total. The number of carbonyl (C=O) groups excluding carboxylic acids is 1. The normalized spacial score (nSPS) is 16.1. The van der Waals surface area contributed by atoms with E-state index in [0.29, 0.717) is 5.92 Å². The van der Waals surface area contributed by atoms with Crippen LogP contribution in [0.25, 0.3) is 0 Å². The van der Waals surface area contributed by atoms with Crippen LogP contribution >= 0.6 is 0 Å². The van der Waals surface area contributed by atoms with Crippen LogP contribution < -0.4 is 5.32 Å². The molecule has 1 fully saturated rings. The number of halogens is 1. The molecule has 1 aliphatic rings. The fourth-order valence-corrected chi connectivity index (χ4v) is 4.71. The Balaban J connectivity index is 1.70. The summed E-state index contributed by atoms with van der Waals surface area (Å²) in [5.74, 6) is -0.00529. The third-order valence-corrected chi connectivity index (χ3v) is 7.19. The van der Waals surface area contributed by atoms with E-state index in [-0.39, 0.29) is 34.8 Å². The van der Waals surface area contributed by atoms with Crippen molar-refractivity contribution in [2.24, 2.45) is 5.92 Å². The summed E-state index contributed by atoms with van der Waals surface area (Å²) in [5, 5.41) is 3.12. The molecule has 0 aromatic heterocycles. The van der Waals surface area contributed by atoms with Gasteiger partial charge in [0.1, 0.15) is 5.82 Å². The molecule has 1 amide bonds. The fourth-order valence-electron chi connectivity index (χ4n) is 3.83. The van der Waals surface area contributed by atoms with Gasteiger partial charge >= 0.3 is 0 Å². The monoisotopic (exact) mass is 403 g/mol. The summed E-state index contributed by atoms with van der Waals surface area (Å²) in [6.45, 7) is 1.61. The van der Waals surface area contributed by atoms with E-state index in [2.05, 4.69) is 5.32 Å². The predicted molar refractivity (Wildman–Crippen MR) is 107 cm³/mol. The van der Waals surface area contributed by atoms with Gasteiger partial charge in [0, 0.05) is 0 Å². The first-order valence-corrected chi connectivity index (χ1v) is 11.4. The highest BCUT2D eigenvalue weighted by atomic mass is 32.2. The van der Waals surface area contributed by atoms with Gasteiger partial charge in [0.15, 0.2) is 9.84 Å². The standard InChI is InChI=1S/C22H26FNO3S/c1-2-28(26,27)20-13-7-16(8-14-20)15-21(25)24-22(17-5-3-4-6-17)18-9-11-19(23)12-10-18/h7-14,17,22H,2-6,15H2,1H3,(H,24,25). The fraction of sp³-hybridized carbons (Fsp3) is 0.409. The van der Waals surface area contributed by atoms with E-state index in [0.717, 1.165) is 36.8 Å². The van der Waals surface area contributed by atoms with Crippen LogP contribution in [-0.4, -0.2) is 20.1 Å². The smallest absolute Gasteiger partial charge is 0.224 e. The van der Waals surface area contributed by atoms with Gasteiger partial charge in [-0.05, 0) is 54.2 Å². The van der Waals surface area contributed by atoms with E-state index in [4.69, 9.17) is 0 Å². The van der Waals surface area contributed by atoms with Gasteiger partial charge in [0.2, 0.25) is 5.91 Å². The molecule has 2 aromatic carbocycles. The Kier molecular flexibility index (Phi) is 6.50. The average Bonchev–Trinajstić information content (AvgIpc) is 3.22. The van der Waals surface area contributed by atoms with E-state index in [1.165, 1.54) is 12.1 Å². The van der Waals surface area contributed by atoms with Crippen molar-refractivity contribution in [2.45, 2.75) is 50.0 Å². The minimum atomic E-state index is -3.24. The maximum atomic E-state index is 13.3. The van der Waals surface area contributed by atoms with E-state index in [1.807, 2.05) is 0 Å². The van der Waals surface area contributed by atoms with Crippen molar-refractivity contribution in [2.75, 3.05) is 5.75 Å². The summed E-state index contributed by atoms with van der Waals surface area (Å²) in [6.07, 6.45) is 4.56. The van der Waals surface area contributed by atoms with E-state index < -0.39 is 9.84 Å². The number of hydrogen-bond acceptors (Lipinski definition) is 3. The van der Waals surface area contributed by atoms with Crippen molar-refractivity contribution in [3.63, 3.8) is 0 Å². The van der Waals surface area contributed by atoms with Crippen LogP contribution in [0.1, 0.15) is 49.8 Å². The Bertz CT molecular complexity index is 902. The van der Waals surface area contributed by atoms with Crippen molar-refractivity contribution in [1.29, 1.82) is 0 Å². The van der Waals surface area contributed by atoms with Crippen LogP contribution in [-0.2, 0) is 21.1 Å². The molecule has 0 heterocycles. The first-order chi connectivity index (χ1) is 13.4. The molecule has 28 heavy (non-hydrogen) atoms. The van der Waals surface area contributed by atoms with E-state index in [1.54, 1.807) is 43.3 Å². The van der Waals surface area contributed by atoms with Gasteiger partial charge in [-0.25, -0.2) is 12.8 Å². The number of carbonyl (C=O) groups is 1. The second-order valence-electron chi connectivity index (χ2n) is 7.37. The zero-order valence-corrected chi connectivity index (χ0v) is 16.8. The molecule has 1 atom stereocenters. The van der Waals surface area contributed by atoms with E-state index >= 15 is 0 Å². The Hall–Kier alpha value is -2.21. The van der Waals surface area contributed by atoms with Gasteiger partial charge in [-0.3, -0.25) is 4.79 Å². The Labute approximate surface area is 166 Å². The number of benzene rings is 2. The second kappa shape index (κ2) is 8.86. The molecule has 1 unspecified atom stereocenters. The molecule has 1 aliphatic carbocycles. The topological polar surface area (TPSA) is 63.2 Å². The van der Waals surface area contributed by atoms with Crippen molar-refractivity contribution < 1.29 is 17.6 Å². The number of sulfone groups is 1. The van der Waals surface area contributed by atoms with Gasteiger partial charge in [-0.2, -0.15) is 0 Å². The van der Waals surface area contributed by atoms with Crippen LogP contribution in [0.3, 0.4) is 0 Å². The molecule has 6 heteroatoms. The van der Waals surface area contributed by atoms with Crippen LogP contribution in [0.5, 0.6) is 0 Å². The number of rotatable bonds is 7. The van der Waals surface area contributed by atoms with Crippen LogP contribution in [0, 0.1) is 11.7 Å². The summed E-state index contributed by atoms with van der Waals surface area (Å²) in [4.78, 5) is 12.9. The molecule has 0 bridgehead atoms. The molecular weight excluding hydrogens is 377 g/mol. The minimum absolute atomic E-state index is 0.0492. The third kappa shape index (κ3) is 4.98. The molecule has 150 valence electrons. The van der Waals surface area contributed by atoms with Crippen molar-refractivity contribution in [1.82, 2.24) is 5.32 Å². The maximum absolute atomic E-state index is 13.3. The van der Waals surface area contributed by atoms with Crippen LogP contribution in [0.15, 0.2) is 53.4 Å². The predicted octanol–water partition coefficient (Wildman–Crippen LogP) is 4.21. The van der Waals surface area contributed by atoms with Gasteiger partial charge < -0.3 is 5.32 Å². The molecule has 0 spiro atoms. The SMILES string of the molecule is CCS(=O)(=O)c1ccc(CC(=O)NC(c2ccc(F)cc2)C2CCCC2)cc1. The number of hydrogen-bond donors (Lipinski definition) is 1. The van der Waals surface area contributed by atoms with Gasteiger partial charge in [-0.15, -0.1) is 0 Å². The summed E-state index contributed by atoms with van der Waals surface area (Å²) >= 11 is 0. The van der Waals surface area contributed by atoms with Crippen molar-refractivity contribution in [3.8, 4) is 0 Å². The number of nitrogens with one attached hydrogen (secondary N) is 1. The van der Waals surface area contributed by atoms with Crippen molar-refractivity contribution in [3.05, 3.63) is 65.5 Å². The average molecular weight is 404 g/mol. The number of amides is 1. The second-order valence-corrected chi connectivity index (χ2v) is 9.64. The minimum Gasteiger partial charge on any atom is -0.349 e. The third-order valence-electron chi connectivity index (χ3n) is 5.44. The molecular formula is C22H26FNO3S. The van der Waals surface area contributed by atoms with Crippen molar-refractivity contribution >= 4 is 15.7 Å². The van der Waals surface area contributed by atoms with Gasteiger partial charge in [0.05, 0.1) is 23.1 Å². The molecule has 0 radical (unpaired) electrons. The Morgan fingerprint density at radius 1 is 1.07 bits per heavy atom. The Morgan fingerprint density at radius 2 is 1.68 bits per heavy atom. The lowest BCUT2D eigenvalue weighted by molar-refractivity contribution is -0.121. The molecule has 0 saturated heterocycles. The van der Waals surface area contributed by atoms with Crippen LogP contribution in [0.4, 0.5) is 4.39 Å². The van der Waals surface area contributed by atoms with Crippen LogP contribution in [0.2, 0.25) is 0 Å². The molecule has 0 aliphatic heterocycles. The Morgan fingerprint density at radius 3 is 2.25 bits per heavy atom. The lowest BCUT2D eigenvalue weighted by Crippen LogP contribution is -2.33. The highest BCUT2D eigenvalue weighted by molar-refractivity contribution is 7.91. The molecule has 3 rings (SSSR count). The summed E-state index contributed by atoms with van der Waals surface area (Å²) in [7, 11) is -3.24. The summed E-state index contributed by atoms with van der Waals surface area (Å²) < 4.78 is 37.1. The summed E-state index contributed by atoms with van der Waals surface area (Å²) in [6, 6.07) is 12.7.